The van der Waals surface area contributed by atoms with Gasteiger partial charge in [0.2, 0.25) is 0 Å². The summed E-state index contributed by atoms with van der Waals surface area (Å²) in [6.45, 7) is -0.517. The number of amides is 1. The van der Waals surface area contributed by atoms with E-state index in [1.54, 1.807) is 0 Å². The quantitative estimate of drug-likeness (QED) is 0.345. The van der Waals surface area contributed by atoms with Crippen molar-refractivity contribution in [3.05, 3.63) is 0 Å². The fourth-order valence-corrected chi connectivity index (χ4v) is 1.07. The topological polar surface area (TPSA) is 89.8 Å². The largest absolute Gasteiger partial charge is 0.393 e. The molecule has 1 saturated heterocycles. The Morgan fingerprint density at radius 2 is 2.36 bits per heavy atom. The molecular weight excluding hydrogens is 150 g/mol. The van der Waals surface area contributed by atoms with Crippen LogP contribution in [0.3, 0.4) is 0 Å². The van der Waals surface area contributed by atoms with Gasteiger partial charge in [-0.15, -0.1) is 0 Å². The SMILES string of the molecule is O=C1NC[C@@H](O)C[C@]1(O)CO. The van der Waals surface area contributed by atoms with Crippen LogP contribution in [0.5, 0.6) is 0 Å². The summed E-state index contributed by atoms with van der Waals surface area (Å²) in [5.74, 6) is -0.620. The van der Waals surface area contributed by atoms with Crippen molar-refractivity contribution in [1.29, 1.82) is 0 Å². The van der Waals surface area contributed by atoms with E-state index in [-0.39, 0.29) is 13.0 Å². The molecule has 1 fully saturated rings. The monoisotopic (exact) mass is 161 g/mol. The van der Waals surface area contributed by atoms with Gasteiger partial charge in [0.05, 0.1) is 12.7 Å². The van der Waals surface area contributed by atoms with E-state index in [0.717, 1.165) is 0 Å². The summed E-state index contributed by atoms with van der Waals surface area (Å²) in [7, 11) is 0. The summed E-state index contributed by atoms with van der Waals surface area (Å²) in [6.07, 6.45) is -0.875. The van der Waals surface area contributed by atoms with Gasteiger partial charge in [-0.05, 0) is 0 Å². The molecule has 0 radical (unpaired) electrons. The smallest absolute Gasteiger partial charge is 0.254 e. The summed E-state index contributed by atoms with van der Waals surface area (Å²) >= 11 is 0. The molecule has 0 aliphatic carbocycles. The molecule has 0 bridgehead atoms. The van der Waals surface area contributed by atoms with Gasteiger partial charge in [-0.2, -0.15) is 0 Å². The third-order valence-electron chi connectivity index (χ3n) is 1.76. The van der Waals surface area contributed by atoms with Gasteiger partial charge in [-0.1, -0.05) is 0 Å². The molecule has 1 heterocycles. The molecule has 1 rings (SSSR count). The van der Waals surface area contributed by atoms with Crippen LogP contribution in [0.25, 0.3) is 0 Å². The molecule has 5 heteroatoms. The van der Waals surface area contributed by atoms with E-state index >= 15 is 0 Å². The maximum atomic E-state index is 10.9. The van der Waals surface area contributed by atoms with Crippen LogP contribution < -0.4 is 5.32 Å². The van der Waals surface area contributed by atoms with Crippen LogP contribution in [-0.2, 0) is 4.79 Å². The van der Waals surface area contributed by atoms with Crippen molar-refractivity contribution in [2.24, 2.45) is 0 Å². The summed E-state index contributed by atoms with van der Waals surface area (Å²) < 4.78 is 0. The van der Waals surface area contributed by atoms with Crippen molar-refractivity contribution in [1.82, 2.24) is 5.32 Å². The fraction of sp³-hybridized carbons (Fsp3) is 0.833. The lowest BCUT2D eigenvalue weighted by Gasteiger charge is -2.31. The fourth-order valence-electron chi connectivity index (χ4n) is 1.07. The number of aliphatic hydroxyl groups is 3. The Morgan fingerprint density at radius 1 is 1.73 bits per heavy atom. The van der Waals surface area contributed by atoms with Gasteiger partial charge in [0.15, 0.2) is 5.60 Å². The number of rotatable bonds is 1. The highest BCUT2D eigenvalue weighted by atomic mass is 16.3. The lowest BCUT2D eigenvalue weighted by Crippen LogP contribution is -2.58. The van der Waals surface area contributed by atoms with E-state index in [1.165, 1.54) is 0 Å². The number of piperidine rings is 1. The second kappa shape index (κ2) is 2.77. The molecule has 0 aromatic rings. The Balaban J connectivity index is 2.68. The van der Waals surface area contributed by atoms with E-state index in [0.29, 0.717) is 0 Å². The third kappa shape index (κ3) is 1.50. The second-order valence-electron chi connectivity index (χ2n) is 2.76. The summed E-state index contributed by atoms with van der Waals surface area (Å²) in [5, 5.41) is 29.2. The van der Waals surface area contributed by atoms with Crippen LogP contribution >= 0.6 is 0 Å². The first-order valence-corrected chi connectivity index (χ1v) is 3.38. The minimum atomic E-state index is -1.79. The lowest BCUT2D eigenvalue weighted by atomic mass is 9.92. The third-order valence-corrected chi connectivity index (χ3v) is 1.76. The average molecular weight is 161 g/mol. The molecule has 1 aliphatic rings. The Hall–Kier alpha value is -0.650. The normalized spacial score (nSPS) is 38.5. The number of hydrogen-bond acceptors (Lipinski definition) is 4. The highest BCUT2D eigenvalue weighted by Crippen LogP contribution is 2.16. The van der Waals surface area contributed by atoms with E-state index in [1.807, 2.05) is 0 Å². The van der Waals surface area contributed by atoms with E-state index in [4.69, 9.17) is 10.2 Å². The predicted octanol–water partition coefficient (Wildman–Crippen LogP) is -2.41. The van der Waals surface area contributed by atoms with Gasteiger partial charge in [0.1, 0.15) is 0 Å². The van der Waals surface area contributed by atoms with Crippen molar-refractivity contribution in [3.63, 3.8) is 0 Å². The minimum absolute atomic E-state index is 0.102. The highest BCUT2D eigenvalue weighted by Gasteiger charge is 2.40. The maximum absolute atomic E-state index is 10.9. The molecule has 5 nitrogen and oxygen atoms in total. The standard InChI is InChI=1S/C6H11NO4/c8-3-6(11)1-4(9)2-7-5(6)10/h4,8-9,11H,1-3H2,(H,7,10)/t4-,6-/m0/s1. The van der Waals surface area contributed by atoms with Gasteiger partial charge >= 0.3 is 0 Å². The Labute approximate surface area is 63.7 Å². The van der Waals surface area contributed by atoms with Crippen molar-refractivity contribution in [2.75, 3.05) is 13.2 Å². The first-order chi connectivity index (χ1) is 5.08. The molecular formula is C6H11NO4. The molecule has 4 N–H and O–H groups in total. The molecule has 64 valence electrons. The van der Waals surface area contributed by atoms with E-state index in [9.17, 15) is 9.90 Å². The molecule has 0 spiro atoms. The van der Waals surface area contributed by atoms with Crippen LogP contribution in [0.4, 0.5) is 0 Å². The Kier molecular flexibility index (Phi) is 2.12. The van der Waals surface area contributed by atoms with Crippen LogP contribution in [0.2, 0.25) is 0 Å². The summed E-state index contributed by atoms with van der Waals surface area (Å²) in [4.78, 5) is 10.9. The molecule has 0 unspecified atom stereocenters. The highest BCUT2D eigenvalue weighted by molar-refractivity contribution is 5.85. The number of hydrogen-bond donors (Lipinski definition) is 4. The number of β-amino-alcohol motifs (C(OH)–C–C–N with tert-alkyl or cyclic N) is 1. The van der Waals surface area contributed by atoms with Crippen molar-refractivity contribution in [3.8, 4) is 0 Å². The number of carbonyl (C=O) groups is 1. The first kappa shape index (κ1) is 8.45. The number of carbonyl (C=O) groups excluding carboxylic acids is 1. The molecule has 0 aromatic carbocycles. The molecule has 1 aliphatic heterocycles. The number of nitrogens with one attached hydrogen (secondary N) is 1. The van der Waals surface area contributed by atoms with Gasteiger partial charge in [-0.25, -0.2) is 0 Å². The zero-order valence-electron chi connectivity index (χ0n) is 5.95. The molecule has 0 saturated carbocycles. The molecule has 0 aromatic heterocycles. The van der Waals surface area contributed by atoms with Crippen LogP contribution in [0.15, 0.2) is 0 Å². The first-order valence-electron chi connectivity index (χ1n) is 3.38. The second-order valence-corrected chi connectivity index (χ2v) is 2.76. The zero-order chi connectivity index (χ0) is 8.48. The molecule has 11 heavy (non-hydrogen) atoms. The lowest BCUT2D eigenvalue weighted by molar-refractivity contribution is -0.153. The van der Waals surface area contributed by atoms with Gasteiger partial charge in [0.25, 0.3) is 5.91 Å². The Morgan fingerprint density at radius 3 is 2.82 bits per heavy atom. The van der Waals surface area contributed by atoms with Crippen LogP contribution in [-0.4, -0.2) is 46.1 Å². The van der Waals surface area contributed by atoms with Crippen LogP contribution in [0.1, 0.15) is 6.42 Å². The summed E-state index contributed by atoms with van der Waals surface area (Å²) in [6, 6.07) is 0. The van der Waals surface area contributed by atoms with Crippen molar-refractivity contribution < 1.29 is 20.1 Å². The van der Waals surface area contributed by atoms with E-state index in [2.05, 4.69) is 5.32 Å². The molecule has 2 atom stereocenters. The van der Waals surface area contributed by atoms with Crippen molar-refractivity contribution in [2.45, 2.75) is 18.1 Å². The minimum Gasteiger partial charge on any atom is -0.393 e. The Bertz CT molecular complexity index is 172. The van der Waals surface area contributed by atoms with Gasteiger partial charge in [0, 0.05) is 13.0 Å². The van der Waals surface area contributed by atoms with Crippen molar-refractivity contribution >= 4 is 5.91 Å². The van der Waals surface area contributed by atoms with Gasteiger partial charge in [-0.3, -0.25) is 4.79 Å². The maximum Gasteiger partial charge on any atom is 0.254 e. The van der Waals surface area contributed by atoms with Crippen LogP contribution in [0, 0.1) is 0 Å². The van der Waals surface area contributed by atoms with Gasteiger partial charge < -0.3 is 20.6 Å². The van der Waals surface area contributed by atoms with E-state index < -0.39 is 24.2 Å². The molecule has 1 amide bonds. The number of aliphatic hydroxyl groups excluding tert-OH is 2. The predicted molar refractivity (Wildman–Crippen MR) is 35.7 cm³/mol. The summed E-state index contributed by atoms with van der Waals surface area (Å²) in [5.41, 5.74) is -1.79. The average Bonchev–Trinajstić information content (AvgIpc) is 1.98. The zero-order valence-corrected chi connectivity index (χ0v) is 5.95.